The molecule has 1 saturated heterocycles. The van der Waals surface area contributed by atoms with E-state index in [0.717, 1.165) is 38.7 Å². The summed E-state index contributed by atoms with van der Waals surface area (Å²) in [5.41, 5.74) is 1.32. The number of para-hydroxylation sites is 1. The molecule has 0 unspecified atom stereocenters. The molecule has 31 heavy (non-hydrogen) atoms. The van der Waals surface area contributed by atoms with E-state index in [2.05, 4.69) is 30.2 Å². The predicted molar refractivity (Wildman–Crippen MR) is 117 cm³/mol. The van der Waals surface area contributed by atoms with E-state index in [1.807, 2.05) is 37.3 Å². The summed E-state index contributed by atoms with van der Waals surface area (Å²) < 4.78 is 19.4. The molecule has 3 aromatic rings. The van der Waals surface area contributed by atoms with Gasteiger partial charge in [0.15, 0.2) is 11.8 Å². The second-order valence-corrected chi connectivity index (χ2v) is 7.14. The Morgan fingerprint density at radius 1 is 1.13 bits per heavy atom. The molecule has 1 aromatic carbocycles. The highest BCUT2D eigenvalue weighted by Crippen LogP contribution is 2.20. The lowest BCUT2D eigenvalue weighted by molar-refractivity contribution is 0.370. The highest BCUT2D eigenvalue weighted by Gasteiger charge is 2.21. The number of hydrogen-bond donors (Lipinski definition) is 1. The van der Waals surface area contributed by atoms with Crippen LogP contribution in [0.25, 0.3) is 11.6 Å². The number of guanidine groups is 1. The van der Waals surface area contributed by atoms with Crippen LogP contribution in [0, 0.1) is 5.82 Å². The second-order valence-electron chi connectivity index (χ2n) is 7.14. The molecule has 0 radical (unpaired) electrons. The van der Waals surface area contributed by atoms with Crippen molar-refractivity contribution in [2.24, 2.45) is 4.99 Å². The topological polar surface area (TPSA) is 82.7 Å². The number of piperazine rings is 1. The maximum Gasteiger partial charge on any atom is 0.276 e. The fraction of sp³-hybridized carbons (Fsp3) is 0.364. The van der Waals surface area contributed by atoms with Gasteiger partial charge in [-0.15, -0.1) is 0 Å². The Labute approximate surface area is 180 Å². The minimum atomic E-state index is -0.179. The molecule has 0 aliphatic carbocycles. The van der Waals surface area contributed by atoms with E-state index in [1.54, 1.807) is 12.3 Å². The summed E-state index contributed by atoms with van der Waals surface area (Å²) >= 11 is 0. The molecule has 0 atom stereocenters. The first kappa shape index (κ1) is 20.8. The number of halogens is 1. The summed E-state index contributed by atoms with van der Waals surface area (Å²) in [6.45, 7) is 6.38. The third-order valence-electron chi connectivity index (χ3n) is 5.06. The van der Waals surface area contributed by atoms with Crippen LogP contribution >= 0.6 is 0 Å². The van der Waals surface area contributed by atoms with E-state index in [1.165, 1.54) is 6.07 Å². The molecule has 1 N–H and O–H groups in total. The van der Waals surface area contributed by atoms with Crippen LogP contribution in [-0.2, 0) is 6.42 Å². The number of pyridine rings is 1. The number of nitrogens with zero attached hydrogens (tertiary/aromatic N) is 6. The molecule has 2 aromatic heterocycles. The zero-order valence-electron chi connectivity index (χ0n) is 17.5. The monoisotopic (exact) mass is 423 g/mol. The van der Waals surface area contributed by atoms with E-state index >= 15 is 0 Å². The first-order chi connectivity index (χ1) is 15.2. The van der Waals surface area contributed by atoms with Gasteiger partial charge < -0.3 is 19.6 Å². The van der Waals surface area contributed by atoms with Gasteiger partial charge >= 0.3 is 0 Å². The fourth-order valence-corrected chi connectivity index (χ4v) is 3.50. The van der Waals surface area contributed by atoms with Crippen LogP contribution in [0.5, 0.6) is 0 Å². The lowest BCUT2D eigenvalue weighted by Crippen LogP contribution is -2.52. The van der Waals surface area contributed by atoms with Crippen molar-refractivity contribution in [3.8, 4) is 11.6 Å². The molecule has 1 aliphatic heterocycles. The first-order valence-electron chi connectivity index (χ1n) is 10.5. The van der Waals surface area contributed by atoms with Crippen LogP contribution in [0.15, 0.2) is 58.2 Å². The molecular formula is C22H26FN7O. The van der Waals surface area contributed by atoms with Gasteiger partial charge in [0, 0.05) is 51.9 Å². The number of anilines is 1. The van der Waals surface area contributed by atoms with Gasteiger partial charge in [-0.05, 0) is 31.2 Å². The first-order valence-corrected chi connectivity index (χ1v) is 10.5. The van der Waals surface area contributed by atoms with E-state index < -0.39 is 0 Å². The van der Waals surface area contributed by atoms with Gasteiger partial charge in [-0.25, -0.2) is 4.39 Å². The SMILES string of the molecule is CCNC(=NCCc1noc(-c2ccccn2)n1)N1CCN(c2ccccc2F)CC1. The van der Waals surface area contributed by atoms with Crippen LogP contribution in [0.3, 0.4) is 0 Å². The molecule has 162 valence electrons. The van der Waals surface area contributed by atoms with Gasteiger partial charge in [0.05, 0.1) is 5.69 Å². The van der Waals surface area contributed by atoms with Gasteiger partial charge in [0.1, 0.15) is 11.5 Å². The molecular weight excluding hydrogens is 397 g/mol. The van der Waals surface area contributed by atoms with Crippen molar-refractivity contribution in [1.29, 1.82) is 0 Å². The minimum Gasteiger partial charge on any atom is -0.366 e. The molecule has 0 spiro atoms. The number of aliphatic imine (C=N–C) groups is 1. The van der Waals surface area contributed by atoms with Crippen molar-refractivity contribution < 1.29 is 8.91 Å². The number of benzene rings is 1. The van der Waals surface area contributed by atoms with E-state index in [0.29, 0.717) is 36.1 Å². The summed E-state index contributed by atoms with van der Waals surface area (Å²) in [5.74, 6) is 1.69. The van der Waals surface area contributed by atoms with Gasteiger partial charge in [-0.1, -0.05) is 23.4 Å². The van der Waals surface area contributed by atoms with Gasteiger partial charge in [-0.3, -0.25) is 9.98 Å². The fourth-order valence-electron chi connectivity index (χ4n) is 3.50. The van der Waals surface area contributed by atoms with Crippen molar-refractivity contribution in [2.75, 3.05) is 44.2 Å². The van der Waals surface area contributed by atoms with E-state index in [4.69, 9.17) is 9.52 Å². The summed E-state index contributed by atoms with van der Waals surface area (Å²) in [4.78, 5) is 17.6. The maximum absolute atomic E-state index is 14.1. The highest BCUT2D eigenvalue weighted by atomic mass is 19.1. The van der Waals surface area contributed by atoms with Gasteiger partial charge in [0.25, 0.3) is 5.89 Å². The molecule has 0 amide bonds. The summed E-state index contributed by atoms with van der Waals surface area (Å²) in [5, 5.41) is 7.37. The summed E-state index contributed by atoms with van der Waals surface area (Å²) in [6.07, 6.45) is 2.26. The van der Waals surface area contributed by atoms with Gasteiger partial charge in [-0.2, -0.15) is 4.98 Å². The quantitative estimate of drug-likeness (QED) is 0.482. The lowest BCUT2D eigenvalue weighted by Gasteiger charge is -2.37. The van der Waals surface area contributed by atoms with Crippen molar-refractivity contribution in [2.45, 2.75) is 13.3 Å². The zero-order valence-corrected chi connectivity index (χ0v) is 17.5. The third kappa shape index (κ3) is 5.17. The molecule has 1 fully saturated rings. The Morgan fingerprint density at radius 2 is 1.94 bits per heavy atom. The number of rotatable bonds is 6. The third-order valence-corrected chi connectivity index (χ3v) is 5.06. The lowest BCUT2D eigenvalue weighted by atomic mass is 10.2. The molecule has 9 heteroatoms. The van der Waals surface area contributed by atoms with Gasteiger partial charge in [0.2, 0.25) is 0 Å². The average Bonchev–Trinajstić information content (AvgIpc) is 3.29. The highest BCUT2D eigenvalue weighted by molar-refractivity contribution is 5.80. The van der Waals surface area contributed by atoms with Crippen LogP contribution < -0.4 is 10.2 Å². The molecule has 0 saturated carbocycles. The van der Waals surface area contributed by atoms with Crippen LogP contribution in [0.2, 0.25) is 0 Å². The minimum absolute atomic E-state index is 0.179. The molecule has 3 heterocycles. The zero-order chi connectivity index (χ0) is 21.5. The van der Waals surface area contributed by atoms with Crippen molar-refractivity contribution in [1.82, 2.24) is 25.3 Å². The number of aromatic nitrogens is 3. The number of nitrogens with one attached hydrogen (secondary N) is 1. The normalized spacial score (nSPS) is 14.7. The Kier molecular flexibility index (Phi) is 6.71. The molecule has 8 nitrogen and oxygen atoms in total. The van der Waals surface area contributed by atoms with Crippen LogP contribution in [0.4, 0.5) is 10.1 Å². The van der Waals surface area contributed by atoms with Crippen LogP contribution in [0.1, 0.15) is 12.7 Å². The summed E-state index contributed by atoms with van der Waals surface area (Å²) in [7, 11) is 0. The average molecular weight is 423 g/mol. The smallest absolute Gasteiger partial charge is 0.276 e. The van der Waals surface area contributed by atoms with Crippen LogP contribution in [-0.4, -0.2) is 65.3 Å². The predicted octanol–water partition coefficient (Wildman–Crippen LogP) is 2.60. The Hall–Kier alpha value is -3.49. The second kappa shape index (κ2) is 10.0. The Morgan fingerprint density at radius 3 is 2.68 bits per heavy atom. The van der Waals surface area contributed by atoms with Crippen molar-refractivity contribution in [3.05, 3.63) is 60.3 Å². The molecule has 1 aliphatic rings. The van der Waals surface area contributed by atoms with Crippen molar-refractivity contribution >= 4 is 11.6 Å². The molecule has 4 rings (SSSR count). The maximum atomic E-state index is 14.1. The van der Waals surface area contributed by atoms with E-state index in [9.17, 15) is 4.39 Å². The Balaban J connectivity index is 1.34. The van der Waals surface area contributed by atoms with E-state index in [-0.39, 0.29) is 5.82 Å². The standard InChI is InChI=1S/C22H26FN7O/c1-2-24-22(30-15-13-29(14-16-30)19-9-4-3-7-17(19)23)26-12-10-20-27-21(31-28-20)18-8-5-6-11-25-18/h3-9,11H,2,10,12-16H2,1H3,(H,24,26). The molecule has 0 bridgehead atoms. The largest absolute Gasteiger partial charge is 0.366 e. The summed E-state index contributed by atoms with van der Waals surface area (Å²) in [6, 6.07) is 12.5. The number of hydrogen-bond acceptors (Lipinski definition) is 6. The van der Waals surface area contributed by atoms with Crippen molar-refractivity contribution in [3.63, 3.8) is 0 Å². The Bertz CT molecular complexity index is 1000.